The number of fused-ring (bicyclic) bond motifs is 1. The molecular formula is C14H11ClN2O3. The van der Waals surface area contributed by atoms with E-state index in [4.69, 9.17) is 21.1 Å². The fourth-order valence-electron chi connectivity index (χ4n) is 1.89. The molecule has 0 bridgehead atoms. The predicted octanol–water partition coefficient (Wildman–Crippen LogP) is 2.74. The number of halogens is 1. The van der Waals surface area contributed by atoms with Crippen molar-refractivity contribution in [2.45, 2.75) is 0 Å². The monoisotopic (exact) mass is 290 g/mol. The summed E-state index contributed by atoms with van der Waals surface area (Å²) in [6.07, 6.45) is 1.45. The molecule has 2 heterocycles. The van der Waals surface area contributed by atoms with E-state index < -0.39 is 0 Å². The zero-order valence-corrected chi connectivity index (χ0v) is 11.4. The Labute approximate surface area is 120 Å². The predicted molar refractivity (Wildman–Crippen MR) is 74.5 cm³/mol. The van der Waals surface area contributed by atoms with E-state index in [2.05, 4.69) is 4.98 Å². The highest BCUT2D eigenvalue weighted by Gasteiger charge is 2.19. The van der Waals surface area contributed by atoms with Gasteiger partial charge in [0.25, 0.3) is 5.91 Å². The lowest BCUT2D eigenvalue weighted by Crippen LogP contribution is -2.26. The van der Waals surface area contributed by atoms with Crippen molar-refractivity contribution in [1.82, 2.24) is 4.98 Å². The van der Waals surface area contributed by atoms with E-state index >= 15 is 0 Å². The van der Waals surface area contributed by atoms with Crippen LogP contribution in [-0.2, 0) is 0 Å². The summed E-state index contributed by atoms with van der Waals surface area (Å²) in [5.41, 5.74) is 1.03. The number of benzene rings is 1. The molecule has 0 fully saturated rings. The maximum absolute atomic E-state index is 12.3. The summed E-state index contributed by atoms with van der Waals surface area (Å²) in [5, 5.41) is 0.493. The standard InChI is InChI=1S/C14H11ClN2O3/c1-17(14(18)11-4-2-9(15)7-16-11)10-3-5-12-13(6-10)20-8-19-12/h2-7H,8H2,1H3. The van der Waals surface area contributed by atoms with Crippen molar-refractivity contribution in [3.05, 3.63) is 47.2 Å². The Kier molecular flexibility index (Phi) is 3.20. The summed E-state index contributed by atoms with van der Waals surface area (Å²) in [6.45, 7) is 0.204. The van der Waals surface area contributed by atoms with Crippen LogP contribution in [0, 0.1) is 0 Å². The Morgan fingerprint density at radius 2 is 2.05 bits per heavy atom. The van der Waals surface area contributed by atoms with E-state index in [9.17, 15) is 4.79 Å². The number of carbonyl (C=O) groups excluding carboxylic acids is 1. The van der Waals surface area contributed by atoms with Crippen molar-refractivity contribution < 1.29 is 14.3 Å². The van der Waals surface area contributed by atoms with Crippen LogP contribution in [0.1, 0.15) is 10.5 Å². The van der Waals surface area contributed by atoms with E-state index in [1.807, 2.05) is 0 Å². The molecule has 5 nitrogen and oxygen atoms in total. The first-order chi connectivity index (χ1) is 9.65. The van der Waals surface area contributed by atoms with E-state index in [0.29, 0.717) is 27.9 Å². The van der Waals surface area contributed by atoms with Crippen LogP contribution in [0.4, 0.5) is 5.69 Å². The van der Waals surface area contributed by atoms with Crippen LogP contribution in [-0.4, -0.2) is 24.7 Å². The van der Waals surface area contributed by atoms with Crippen molar-refractivity contribution in [3.63, 3.8) is 0 Å². The molecule has 102 valence electrons. The summed E-state index contributed by atoms with van der Waals surface area (Å²) in [4.78, 5) is 17.8. The van der Waals surface area contributed by atoms with Gasteiger partial charge < -0.3 is 14.4 Å². The molecular weight excluding hydrogens is 280 g/mol. The molecule has 1 aromatic carbocycles. The Morgan fingerprint density at radius 3 is 2.80 bits per heavy atom. The Balaban J connectivity index is 1.86. The molecule has 1 aromatic heterocycles. The van der Waals surface area contributed by atoms with Gasteiger partial charge in [0.2, 0.25) is 6.79 Å². The summed E-state index contributed by atoms with van der Waals surface area (Å²) in [6, 6.07) is 8.55. The lowest BCUT2D eigenvalue weighted by molar-refractivity contribution is 0.0988. The maximum Gasteiger partial charge on any atom is 0.276 e. The molecule has 2 aromatic rings. The molecule has 0 aliphatic carbocycles. The van der Waals surface area contributed by atoms with Gasteiger partial charge in [0.1, 0.15) is 5.69 Å². The number of aromatic nitrogens is 1. The number of hydrogen-bond donors (Lipinski definition) is 0. The van der Waals surface area contributed by atoms with E-state index in [-0.39, 0.29) is 12.7 Å². The highest BCUT2D eigenvalue weighted by Crippen LogP contribution is 2.35. The minimum absolute atomic E-state index is 0.204. The molecule has 20 heavy (non-hydrogen) atoms. The van der Waals surface area contributed by atoms with Gasteiger partial charge in [-0.15, -0.1) is 0 Å². The second-order valence-electron chi connectivity index (χ2n) is 4.26. The van der Waals surface area contributed by atoms with Crippen LogP contribution in [0.3, 0.4) is 0 Å². The zero-order chi connectivity index (χ0) is 14.1. The number of carbonyl (C=O) groups is 1. The minimum Gasteiger partial charge on any atom is -0.454 e. The summed E-state index contributed by atoms with van der Waals surface area (Å²) < 4.78 is 10.5. The van der Waals surface area contributed by atoms with Crippen molar-refractivity contribution in [3.8, 4) is 11.5 Å². The number of anilines is 1. The number of pyridine rings is 1. The lowest BCUT2D eigenvalue weighted by Gasteiger charge is -2.17. The van der Waals surface area contributed by atoms with Crippen molar-refractivity contribution in [1.29, 1.82) is 0 Å². The smallest absolute Gasteiger partial charge is 0.276 e. The SMILES string of the molecule is CN(C(=O)c1ccc(Cl)cn1)c1ccc2c(c1)OCO2. The Hall–Kier alpha value is -2.27. The van der Waals surface area contributed by atoms with Crippen molar-refractivity contribution in [2.24, 2.45) is 0 Å². The van der Waals surface area contributed by atoms with E-state index in [0.717, 1.165) is 0 Å². The van der Waals surface area contributed by atoms with Crippen LogP contribution in [0.15, 0.2) is 36.5 Å². The van der Waals surface area contributed by atoms with Gasteiger partial charge in [-0.3, -0.25) is 4.79 Å². The van der Waals surface area contributed by atoms with E-state index in [1.54, 1.807) is 37.4 Å². The second-order valence-corrected chi connectivity index (χ2v) is 4.70. The average Bonchev–Trinajstić information content (AvgIpc) is 2.94. The van der Waals surface area contributed by atoms with Crippen molar-refractivity contribution in [2.75, 3.05) is 18.7 Å². The third kappa shape index (κ3) is 2.28. The molecule has 3 rings (SSSR count). The van der Waals surface area contributed by atoms with Gasteiger partial charge in [-0.2, -0.15) is 0 Å². The first kappa shape index (κ1) is 12.7. The third-order valence-corrected chi connectivity index (χ3v) is 3.22. The molecule has 6 heteroatoms. The summed E-state index contributed by atoms with van der Waals surface area (Å²) in [5.74, 6) is 1.09. The van der Waals surface area contributed by atoms with Gasteiger partial charge in [-0.05, 0) is 24.3 Å². The number of amides is 1. The highest BCUT2D eigenvalue weighted by molar-refractivity contribution is 6.30. The largest absolute Gasteiger partial charge is 0.454 e. The molecule has 0 radical (unpaired) electrons. The van der Waals surface area contributed by atoms with Crippen LogP contribution >= 0.6 is 11.6 Å². The van der Waals surface area contributed by atoms with Crippen LogP contribution < -0.4 is 14.4 Å². The average molecular weight is 291 g/mol. The van der Waals surface area contributed by atoms with Gasteiger partial charge in [0, 0.05) is 25.0 Å². The molecule has 0 spiro atoms. The molecule has 1 aliphatic heterocycles. The van der Waals surface area contributed by atoms with Gasteiger partial charge in [-0.25, -0.2) is 4.98 Å². The van der Waals surface area contributed by atoms with Gasteiger partial charge >= 0.3 is 0 Å². The first-order valence-electron chi connectivity index (χ1n) is 5.94. The number of rotatable bonds is 2. The molecule has 1 amide bonds. The first-order valence-corrected chi connectivity index (χ1v) is 6.32. The number of hydrogen-bond acceptors (Lipinski definition) is 4. The molecule has 1 aliphatic rings. The fourth-order valence-corrected chi connectivity index (χ4v) is 2.00. The van der Waals surface area contributed by atoms with Gasteiger partial charge in [0.05, 0.1) is 5.02 Å². The number of ether oxygens (including phenoxy) is 2. The third-order valence-electron chi connectivity index (χ3n) is 2.99. The summed E-state index contributed by atoms with van der Waals surface area (Å²) in [7, 11) is 1.68. The van der Waals surface area contributed by atoms with Crippen LogP contribution in [0.2, 0.25) is 5.02 Å². The van der Waals surface area contributed by atoms with E-state index in [1.165, 1.54) is 11.1 Å². The lowest BCUT2D eigenvalue weighted by atomic mass is 10.2. The summed E-state index contributed by atoms with van der Waals surface area (Å²) >= 11 is 5.76. The highest BCUT2D eigenvalue weighted by atomic mass is 35.5. The minimum atomic E-state index is -0.222. The normalized spacial score (nSPS) is 12.3. The molecule has 0 atom stereocenters. The topological polar surface area (TPSA) is 51.7 Å². The zero-order valence-electron chi connectivity index (χ0n) is 10.7. The molecule has 0 saturated carbocycles. The molecule has 0 unspecified atom stereocenters. The number of nitrogens with zero attached hydrogens (tertiary/aromatic N) is 2. The quantitative estimate of drug-likeness (QED) is 0.853. The maximum atomic E-state index is 12.3. The second kappa shape index (κ2) is 5.02. The van der Waals surface area contributed by atoms with Gasteiger partial charge in [-0.1, -0.05) is 11.6 Å². The molecule has 0 N–H and O–H groups in total. The molecule has 0 saturated heterocycles. The Morgan fingerprint density at radius 1 is 1.25 bits per heavy atom. The van der Waals surface area contributed by atoms with Crippen LogP contribution in [0.5, 0.6) is 11.5 Å². The van der Waals surface area contributed by atoms with Crippen LogP contribution in [0.25, 0.3) is 0 Å². The Bertz CT molecular complexity index is 658. The van der Waals surface area contributed by atoms with Crippen molar-refractivity contribution >= 4 is 23.2 Å². The van der Waals surface area contributed by atoms with Gasteiger partial charge in [0.15, 0.2) is 11.5 Å². The fraction of sp³-hybridized carbons (Fsp3) is 0.143.